The number of rotatable bonds is 6. The van der Waals surface area contributed by atoms with Crippen molar-refractivity contribution in [2.24, 2.45) is 5.92 Å². The number of benzene rings is 2. The molecule has 0 aromatic heterocycles. The third-order valence-electron chi connectivity index (χ3n) is 5.44. The van der Waals surface area contributed by atoms with Crippen LogP contribution in [0.4, 0.5) is 11.4 Å². The van der Waals surface area contributed by atoms with E-state index in [2.05, 4.69) is 4.72 Å². The number of esters is 1. The molecule has 0 atom stereocenters. The Morgan fingerprint density at radius 3 is 2.63 bits per heavy atom. The summed E-state index contributed by atoms with van der Waals surface area (Å²) in [5.74, 6) is -0.250. The average molecular weight is 429 g/mol. The maximum Gasteiger partial charge on any atom is 0.338 e. The average Bonchev–Trinajstić information content (AvgIpc) is 3.48. The van der Waals surface area contributed by atoms with E-state index < -0.39 is 16.0 Å². The van der Waals surface area contributed by atoms with Crippen LogP contribution in [-0.4, -0.2) is 33.4 Å². The van der Waals surface area contributed by atoms with Crippen LogP contribution in [0, 0.1) is 12.8 Å². The molecule has 2 aromatic carbocycles. The van der Waals surface area contributed by atoms with E-state index in [9.17, 15) is 18.0 Å². The highest BCUT2D eigenvalue weighted by Gasteiger charge is 2.36. The smallest absolute Gasteiger partial charge is 0.338 e. The van der Waals surface area contributed by atoms with Gasteiger partial charge in [-0.2, -0.15) is 0 Å². The monoisotopic (exact) mass is 428 g/mol. The van der Waals surface area contributed by atoms with Crippen LogP contribution in [0.25, 0.3) is 0 Å². The first kappa shape index (κ1) is 20.4. The summed E-state index contributed by atoms with van der Waals surface area (Å²) < 4.78 is 33.5. The fourth-order valence-corrected chi connectivity index (χ4v) is 4.77. The molecule has 1 amide bonds. The Bertz CT molecular complexity index is 1120. The lowest BCUT2D eigenvalue weighted by Crippen LogP contribution is -2.30. The lowest BCUT2D eigenvalue weighted by molar-refractivity contribution is -0.119. The van der Waals surface area contributed by atoms with E-state index in [1.165, 1.54) is 12.1 Å². The quantitative estimate of drug-likeness (QED) is 0.713. The normalized spacial score (nSPS) is 15.6. The van der Waals surface area contributed by atoms with Gasteiger partial charge < -0.3 is 9.64 Å². The van der Waals surface area contributed by atoms with Gasteiger partial charge >= 0.3 is 5.97 Å². The molecule has 0 saturated heterocycles. The third kappa shape index (κ3) is 3.92. The summed E-state index contributed by atoms with van der Waals surface area (Å²) in [5, 5.41) is 0. The Morgan fingerprint density at radius 1 is 1.17 bits per heavy atom. The van der Waals surface area contributed by atoms with Gasteiger partial charge in [0, 0.05) is 18.2 Å². The summed E-state index contributed by atoms with van der Waals surface area (Å²) in [5.41, 5.74) is 2.94. The van der Waals surface area contributed by atoms with E-state index in [1.54, 1.807) is 43.0 Å². The molecule has 1 heterocycles. The summed E-state index contributed by atoms with van der Waals surface area (Å²) in [6, 6.07) is 9.61. The number of sulfonamides is 1. The number of fused-ring (bicyclic) bond motifs is 1. The molecule has 30 heavy (non-hydrogen) atoms. The van der Waals surface area contributed by atoms with Crippen LogP contribution in [0.2, 0.25) is 0 Å². The predicted octanol–water partition coefficient (Wildman–Crippen LogP) is 3.27. The Balaban J connectivity index is 1.58. The molecule has 1 fully saturated rings. The molecule has 158 valence electrons. The lowest BCUT2D eigenvalue weighted by atomic mass is 10.1. The van der Waals surface area contributed by atoms with Gasteiger partial charge in [-0.25, -0.2) is 13.2 Å². The number of carbonyl (C=O) groups is 2. The van der Waals surface area contributed by atoms with Gasteiger partial charge in [0.1, 0.15) is 0 Å². The molecule has 0 unspecified atom stereocenters. The number of hydrogen-bond donors (Lipinski definition) is 1. The molecule has 4 rings (SSSR count). The van der Waals surface area contributed by atoms with Gasteiger partial charge in [-0.15, -0.1) is 0 Å². The van der Waals surface area contributed by atoms with E-state index in [-0.39, 0.29) is 28.9 Å². The second-order valence-electron chi connectivity index (χ2n) is 7.66. The fourth-order valence-electron chi connectivity index (χ4n) is 3.60. The van der Waals surface area contributed by atoms with E-state index in [1.807, 2.05) is 0 Å². The van der Waals surface area contributed by atoms with Gasteiger partial charge in [-0.3, -0.25) is 9.52 Å². The molecule has 2 aromatic rings. The van der Waals surface area contributed by atoms with Crippen LogP contribution in [0.5, 0.6) is 0 Å². The minimum Gasteiger partial charge on any atom is -0.462 e. The van der Waals surface area contributed by atoms with Crippen molar-refractivity contribution in [1.82, 2.24) is 0 Å². The van der Waals surface area contributed by atoms with Gasteiger partial charge in [0.05, 0.1) is 22.8 Å². The summed E-state index contributed by atoms with van der Waals surface area (Å²) in [6.45, 7) is 4.30. The zero-order valence-electron chi connectivity index (χ0n) is 17.0. The lowest BCUT2D eigenvalue weighted by Gasteiger charge is -2.17. The number of anilines is 2. The highest BCUT2D eigenvalue weighted by atomic mass is 32.2. The van der Waals surface area contributed by atoms with Gasteiger partial charge in [-0.05, 0) is 74.6 Å². The molecule has 0 radical (unpaired) electrons. The minimum atomic E-state index is -3.86. The second-order valence-corrected chi connectivity index (χ2v) is 9.34. The molecular formula is C22H24N2O5S. The van der Waals surface area contributed by atoms with Crippen LogP contribution in [-0.2, 0) is 26.0 Å². The molecule has 1 aliphatic heterocycles. The van der Waals surface area contributed by atoms with Crippen molar-refractivity contribution in [1.29, 1.82) is 0 Å². The minimum absolute atomic E-state index is 0.121. The maximum atomic E-state index is 13.0. The summed E-state index contributed by atoms with van der Waals surface area (Å²) >= 11 is 0. The summed E-state index contributed by atoms with van der Waals surface area (Å²) in [6.07, 6.45) is 2.51. The van der Waals surface area contributed by atoms with Crippen LogP contribution in [0.1, 0.15) is 41.3 Å². The first-order chi connectivity index (χ1) is 14.3. The van der Waals surface area contributed by atoms with E-state index in [4.69, 9.17) is 4.74 Å². The van der Waals surface area contributed by atoms with Crippen molar-refractivity contribution in [3.05, 3.63) is 53.1 Å². The topological polar surface area (TPSA) is 92.8 Å². The van der Waals surface area contributed by atoms with Crippen molar-refractivity contribution >= 4 is 33.3 Å². The highest BCUT2D eigenvalue weighted by molar-refractivity contribution is 7.92. The Morgan fingerprint density at radius 2 is 1.93 bits per heavy atom. The van der Waals surface area contributed by atoms with Crippen molar-refractivity contribution in [2.45, 2.75) is 38.0 Å². The zero-order valence-corrected chi connectivity index (χ0v) is 17.8. The van der Waals surface area contributed by atoms with E-state index in [0.717, 1.165) is 24.1 Å². The number of ether oxygens (including phenoxy) is 1. The molecule has 1 aliphatic carbocycles. The van der Waals surface area contributed by atoms with Gasteiger partial charge in [0.15, 0.2) is 0 Å². The largest absolute Gasteiger partial charge is 0.462 e. The SMILES string of the molecule is CCOC(=O)c1ccc(C)c(NS(=O)(=O)c2ccc3c(c2)CCN3C(=O)C2CC2)c1. The van der Waals surface area contributed by atoms with Gasteiger partial charge in [0.25, 0.3) is 10.0 Å². The maximum absolute atomic E-state index is 13.0. The van der Waals surface area contributed by atoms with Crippen LogP contribution in [0.3, 0.4) is 0 Å². The summed E-state index contributed by atoms with van der Waals surface area (Å²) in [4.78, 5) is 26.3. The molecule has 7 nitrogen and oxygen atoms in total. The predicted molar refractivity (Wildman–Crippen MR) is 113 cm³/mol. The van der Waals surface area contributed by atoms with Crippen LogP contribution in [0.15, 0.2) is 41.3 Å². The van der Waals surface area contributed by atoms with Crippen molar-refractivity contribution in [2.75, 3.05) is 22.8 Å². The van der Waals surface area contributed by atoms with E-state index >= 15 is 0 Å². The molecule has 0 bridgehead atoms. The number of hydrogen-bond acceptors (Lipinski definition) is 5. The first-order valence-corrected chi connectivity index (χ1v) is 11.5. The number of aryl methyl sites for hydroxylation is 1. The number of nitrogens with one attached hydrogen (secondary N) is 1. The molecular weight excluding hydrogens is 404 g/mol. The number of carbonyl (C=O) groups excluding carboxylic acids is 2. The Kier molecular flexibility index (Phi) is 5.27. The first-order valence-electron chi connectivity index (χ1n) is 10.0. The molecule has 2 aliphatic rings. The highest BCUT2D eigenvalue weighted by Crippen LogP contribution is 2.37. The molecule has 1 N–H and O–H groups in total. The number of nitrogens with zero attached hydrogens (tertiary/aromatic N) is 1. The zero-order chi connectivity index (χ0) is 21.5. The Labute approximate surface area is 176 Å². The van der Waals surface area contributed by atoms with Gasteiger partial charge in [0.2, 0.25) is 5.91 Å². The molecule has 8 heteroatoms. The van der Waals surface area contributed by atoms with Crippen LogP contribution >= 0.6 is 0 Å². The van der Waals surface area contributed by atoms with E-state index in [0.29, 0.717) is 24.2 Å². The fraction of sp³-hybridized carbons (Fsp3) is 0.364. The van der Waals surface area contributed by atoms with Crippen molar-refractivity contribution < 1.29 is 22.7 Å². The standard InChI is InChI=1S/C22H24N2O5S/c1-3-29-22(26)17-5-4-14(2)19(13-17)23-30(27,28)18-8-9-20-16(12-18)10-11-24(20)21(25)15-6-7-15/h4-5,8-9,12-13,15,23H,3,6-7,10-11H2,1-2H3. The molecule has 0 spiro atoms. The summed E-state index contributed by atoms with van der Waals surface area (Å²) in [7, 11) is -3.86. The molecule has 1 saturated carbocycles. The number of amides is 1. The second kappa shape index (κ2) is 7.75. The van der Waals surface area contributed by atoms with Crippen molar-refractivity contribution in [3.63, 3.8) is 0 Å². The third-order valence-corrected chi connectivity index (χ3v) is 6.81. The van der Waals surface area contributed by atoms with Crippen molar-refractivity contribution in [3.8, 4) is 0 Å². The van der Waals surface area contributed by atoms with Gasteiger partial charge in [-0.1, -0.05) is 6.07 Å². The van der Waals surface area contributed by atoms with Crippen LogP contribution < -0.4 is 9.62 Å². The Hall–Kier alpha value is -2.87.